The molecule has 0 saturated heterocycles. The summed E-state index contributed by atoms with van der Waals surface area (Å²) in [6, 6.07) is 2.37. The molecule has 0 atom stereocenters. The molecule has 2 rings (SSSR count). The molecule has 1 saturated carbocycles. The Hall–Kier alpha value is -1.46. The Morgan fingerprint density at radius 3 is 2.40 bits per heavy atom. The van der Waals surface area contributed by atoms with E-state index in [4.69, 9.17) is 0 Å². The molecule has 3 nitrogen and oxygen atoms in total. The van der Waals surface area contributed by atoms with E-state index in [1.54, 1.807) is 0 Å². The number of nitrogens with zero attached hydrogens (tertiary/aromatic N) is 1. The third-order valence-corrected chi connectivity index (χ3v) is 3.47. The lowest BCUT2D eigenvalue weighted by molar-refractivity contribution is -0.137. The van der Waals surface area contributed by atoms with Crippen LogP contribution in [0.1, 0.15) is 44.6 Å². The highest BCUT2D eigenvalue weighted by Crippen LogP contribution is 2.32. The van der Waals surface area contributed by atoms with E-state index in [2.05, 4.69) is 15.6 Å². The zero-order valence-corrected chi connectivity index (χ0v) is 11.6. The van der Waals surface area contributed by atoms with Crippen LogP contribution in [0.2, 0.25) is 0 Å². The number of nitrogens with one attached hydrogen (secondary N) is 2. The van der Waals surface area contributed by atoms with Gasteiger partial charge in [-0.15, -0.1) is 0 Å². The first-order chi connectivity index (χ1) is 9.49. The Labute approximate surface area is 117 Å². The van der Waals surface area contributed by atoms with Crippen LogP contribution in [0.3, 0.4) is 0 Å². The number of anilines is 2. The molecule has 20 heavy (non-hydrogen) atoms. The molecule has 1 heterocycles. The molecule has 0 unspecified atom stereocenters. The van der Waals surface area contributed by atoms with E-state index >= 15 is 0 Å². The molecule has 0 spiro atoms. The lowest BCUT2D eigenvalue weighted by Crippen LogP contribution is -2.23. The van der Waals surface area contributed by atoms with Crippen LogP contribution in [0.25, 0.3) is 0 Å². The number of aromatic nitrogens is 1. The van der Waals surface area contributed by atoms with E-state index in [1.807, 2.05) is 6.92 Å². The Balaban J connectivity index is 2.19. The van der Waals surface area contributed by atoms with E-state index in [-0.39, 0.29) is 11.9 Å². The van der Waals surface area contributed by atoms with Crippen LogP contribution in [0.5, 0.6) is 0 Å². The summed E-state index contributed by atoms with van der Waals surface area (Å²) < 4.78 is 38.7. The van der Waals surface area contributed by atoms with Gasteiger partial charge in [-0.3, -0.25) is 0 Å². The lowest BCUT2D eigenvalue weighted by atomic mass is 9.95. The Morgan fingerprint density at radius 1 is 1.15 bits per heavy atom. The minimum Gasteiger partial charge on any atom is -0.370 e. The SMILES string of the molecule is CCNc1cc(C(F)(F)F)cc(NC2CCCCC2)n1. The summed E-state index contributed by atoms with van der Waals surface area (Å²) in [5.41, 5.74) is -0.665. The van der Waals surface area contributed by atoms with Gasteiger partial charge in [-0.1, -0.05) is 19.3 Å². The number of rotatable bonds is 4. The second kappa shape index (κ2) is 6.33. The summed E-state index contributed by atoms with van der Waals surface area (Å²) in [6.07, 6.45) is 1.09. The highest BCUT2D eigenvalue weighted by molar-refractivity contribution is 5.50. The molecule has 1 aliphatic carbocycles. The van der Waals surface area contributed by atoms with Gasteiger partial charge in [-0.25, -0.2) is 4.98 Å². The molecule has 0 aromatic carbocycles. The van der Waals surface area contributed by atoms with Gasteiger partial charge in [0.2, 0.25) is 0 Å². The van der Waals surface area contributed by atoms with Gasteiger partial charge in [0.1, 0.15) is 11.6 Å². The first kappa shape index (κ1) is 14.9. The predicted octanol–water partition coefficient (Wildman–Crippen LogP) is 4.28. The smallest absolute Gasteiger partial charge is 0.370 e. The molecule has 1 aliphatic rings. The summed E-state index contributed by atoms with van der Waals surface area (Å²) in [7, 11) is 0. The fourth-order valence-electron chi connectivity index (χ4n) is 2.50. The van der Waals surface area contributed by atoms with Crippen LogP contribution in [0, 0.1) is 0 Å². The number of hydrogen-bond donors (Lipinski definition) is 2. The molecule has 0 radical (unpaired) electrons. The van der Waals surface area contributed by atoms with Crippen LogP contribution in [-0.2, 0) is 6.18 Å². The van der Waals surface area contributed by atoms with Crippen molar-refractivity contribution in [2.75, 3.05) is 17.2 Å². The molecule has 0 bridgehead atoms. The second-order valence-electron chi connectivity index (χ2n) is 5.13. The molecule has 1 aromatic heterocycles. The zero-order valence-electron chi connectivity index (χ0n) is 11.6. The van der Waals surface area contributed by atoms with Crippen molar-refractivity contribution < 1.29 is 13.2 Å². The van der Waals surface area contributed by atoms with E-state index in [1.165, 1.54) is 6.42 Å². The Kier molecular flexibility index (Phi) is 4.73. The van der Waals surface area contributed by atoms with Crippen molar-refractivity contribution in [1.82, 2.24) is 4.98 Å². The maximum absolute atomic E-state index is 12.9. The number of alkyl halides is 3. The van der Waals surface area contributed by atoms with Crippen LogP contribution in [-0.4, -0.2) is 17.6 Å². The normalized spacial score (nSPS) is 17.0. The molecule has 2 N–H and O–H groups in total. The van der Waals surface area contributed by atoms with Crippen molar-refractivity contribution in [3.05, 3.63) is 17.7 Å². The summed E-state index contributed by atoms with van der Waals surface area (Å²) in [5.74, 6) is 0.573. The molecular weight excluding hydrogens is 267 g/mol. The molecular formula is C14H20F3N3. The van der Waals surface area contributed by atoms with Gasteiger partial charge in [0, 0.05) is 12.6 Å². The summed E-state index contributed by atoms with van der Waals surface area (Å²) in [5, 5.41) is 5.99. The van der Waals surface area contributed by atoms with Crippen molar-refractivity contribution in [1.29, 1.82) is 0 Å². The average Bonchev–Trinajstić information content (AvgIpc) is 2.39. The molecule has 1 fully saturated rings. The van der Waals surface area contributed by atoms with Crippen molar-refractivity contribution in [2.24, 2.45) is 0 Å². The third-order valence-electron chi connectivity index (χ3n) is 3.47. The van der Waals surface area contributed by atoms with Crippen molar-refractivity contribution in [3.8, 4) is 0 Å². The topological polar surface area (TPSA) is 37.0 Å². The van der Waals surface area contributed by atoms with Crippen LogP contribution < -0.4 is 10.6 Å². The van der Waals surface area contributed by atoms with E-state index in [0.717, 1.165) is 37.8 Å². The maximum atomic E-state index is 12.9. The second-order valence-corrected chi connectivity index (χ2v) is 5.13. The lowest BCUT2D eigenvalue weighted by Gasteiger charge is -2.24. The Morgan fingerprint density at radius 2 is 1.80 bits per heavy atom. The minimum atomic E-state index is -4.35. The molecule has 0 amide bonds. The molecule has 1 aromatic rings. The first-order valence-electron chi connectivity index (χ1n) is 7.08. The number of hydrogen-bond acceptors (Lipinski definition) is 3. The number of pyridine rings is 1. The molecule has 112 valence electrons. The number of halogens is 3. The minimum absolute atomic E-state index is 0.231. The summed E-state index contributed by atoms with van der Waals surface area (Å²) in [4.78, 5) is 4.21. The molecule has 6 heteroatoms. The van der Waals surface area contributed by atoms with Gasteiger partial charge in [0.05, 0.1) is 5.56 Å². The van der Waals surface area contributed by atoms with E-state index in [0.29, 0.717) is 12.4 Å². The fourth-order valence-corrected chi connectivity index (χ4v) is 2.50. The van der Waals surface area contributed by atoms with Gasteiger partial charge in [0.25, 0.3) is 0 Å². The van der Waals surface area contributed by atoms with Gasteiger partial charge in [-0.2, -0.15) is 13.2 Å². The highest BCUT2D eigenvalue weighted by atomic mass is 19.4. The highest BCUT2D eigenvalue weighted by Gasteiger charge is 2.32. The van der Waals surface area contributed by atoms with Crippen molar-refractivity contribution in [2.45, 2.75) is 51.2 Å². The van der Waals surface area contributed by atoms with Crippen LogP contribution in [0.15, 0.2) is 12.1 Å². The van der Waals surface area contributed by atoms with Gasteiger partial charge in [-0.05, 0) is 31.9 Å². The average molecular weight is 287 g/mol. The van der Waals surface area contributed by atoms with Gasteiger partial charge in [0.15, 0.2) is 0 Å². The third kappa shape index (κ3) is 4.02. The Bertz CT molecular complexity index is 440. The monoisotopic (exact) mass is 287 g/mol. The van der Waals surface area contributed by atoms with Crippen molar-refractivity contribution >= 4 is 11.6 Å². The summed E-state index contributed by atoms with van der Waals surface area (Å²) in [6.45, 7) is 2.37. The molecule has 0 aliphatic heterocycles. The van der Waals surface area contributed by atoms with Crippen molar-refractivity contribution in [3.63, 3.8) is 0 Å². The largest absolute Gasteiger partial charge is 0.416 e. The quantitative estimate of drug-likeness (QED) is 0.868. The van der Waals surface area contributed by atoms with Crippen LogP contribution in [0.4, 0.5) is 24.8 Å². The van der Waals surface area contributed by atoms with E-state index < -0.39 is 11.7 Å². The fraction of sp³-hybridized carbons (Fsp3) is 0.643. The van der Waals surface area contributed by atoms with Crippen LogP contribution >= 0.6 is 0 Å². The van der Waals surface area contributed by atoms with E-state index in [9.17, 15) is 13.2 Å². The first-order valence-corrected chi connectivity index (χ1v) is 7.08. The predicted molar refractivity (Wildman–Crippen MR) is 73.9 cm³/mol. The van der Waals surface area contributed by atoms with Gasteiger partial charge < -0.3 is 10.6 Å². The maximum Gasteiger partial charge on any atom is 0.416 e. The van der Waals surface area contributed by atoms with Gasteiger partial charge >= 0.3 is 6.18 Å². The summed E-state index contributed by atoms with van der Waals surface area (Å²) >= 11 is 0. The zero-order chi connectivity index (χ0) is 14.6. The standard InChI is InChI=1S/C14H20F3N3/c1-2-18-12-8-10(14(15,16)17)9-13(20-12)19-11-6-4-3-5-7-11/h8-9,11H,2-7H2,1H3,(H2,18,19,20).